The van der Waals surface area contributed by atoms with Crippen molar-refractivity contribution in [1.82, 2.24) is 0 Å². The molecule has 0 aromatic rings. The van der Waals surface area contributed by atoms with Crippen molar-refractivity contribution in [2.24, 2.45) is 10.8 Å². The minimum atomic E-state index is -0.674. The first kappa shape index (κ1) is 11.0. The molecular weight excluding hydrogens is 248 g/mol. The number of aliphatic hydroxyl groups is 2. The van der Waals surface area contributed by atoms with Crippen LogP contribution in [0.25, 0.3) is 0 Å². The summed E-state index contributed by atoms with van der Waals surface area (Å²) < 4.78 is 18.1. The second-order valence-electron chi connectivity index (χ2n) is 6.33. The van der Waals surface area contributed by atoms with Crippen molar-refractivity contribution < 1.29 is 24.4 Å². The molecule has 0 saturated carbocycles. The normalized spacial score (nSPS) is 63.1. The monoisotopic (exact) mass is 264 g/mol. The predicted molar refractivity (Wildman–Crippen MR) is 63.3 cm³/mol. The van der Waals surface area contributed by atoms with Gasteiger partial charge in [0.1, 0.15) is 11.2 Å². The summed E-state index contributed by atoms with van der Waals surface area (Å²) in [6.07, 6.45) is 7.54. The van der Waals surface area contributed by atoms with Gasteiger partial charge in [-0.15, -0.1) is 0 Å². The van der Waals surface area contributed by atoms with Crippen molar-refractivity contribution >= 4 is 0 Å². The van der Waals surface area contributed by atoms with Crippen LogP contribution >= 0.6 is 0 Å². The molecule has 0 aromatic carbocycles. The van der Waals surface area contributed by atoms with E-state index in [-0.39, 0.29) is 25.4 Å². The first-order valence-electron chi connectivity index (χ1n) is 6.74. The van der Waals surface area contributed by atoms with E-state index in [4.69, 9.17) is 14.2 Å². The molecule has 5 aliphatic rings. The SMILES string of the molecule is OCC12[C@@H]3C=C[C@@]4(COC[C@]5(C=C[C@H]1O5)C24CO)O3. The summed E-state index contributed by atoms with van der Waals surface area (Å²) >= 11 is 0. The first-order chi connectivity index (χ1) is 9.20. The summed E-state index contributed by atoms with van der Waals surface area (Å²) in [7, 11) is 0. The highest BCUT2D eigenvalue weighted by molar-refractivity contribution is 5.48. The first-order valence-corrected chi connectivity index (χ1v) is 6.74. The van der Waals surface area contributed by atoms with Gasteiger partial charge in [-0.2, -0.15) is 0 Å². The summed E-state index contributed by atoms with van der Waals surface area (Å²) in [4.78, 5) is 0. The molecule has 0 aliphatic carbocycles. The maximum absolute atomic E-state index is 10.3. The third kappa shape index (κ3) is 0.731. The number of hydrogen-bond donors (Lipinski definition) is 2. The Morgan fingerprint density at radius 1 is 0.947 bits per heavy atom. The fourth-order valence-electron chi connectivity index (χ4n) is 5.42. The Balaban J connectivity index is 1.88. The van der Waals surface area contributed by atoms with Crippen LogP contribution in [-0.2, 0) is 14.2 Å². The summed E-state index contributed by atoms with van der Waals surface area (Å²) in [5.74, 6) is 0. The topological polar surface area (TPSA) is 68.2 Å². The van der Waals surface area contributed by atoms with E-state index in [0.717, 1.165) is 0 Å². The van der Waals surface area contributed by atoms with Crippen molar-refractivity contribution in [3.8, 4) is 0 Å². The van der Waals surface area contributed by atoms with Gasteiger partial charge in [0.05, 0.1) is 49.5 Å². The smallest absolute Gasteiger partial charge is 0.122 e. The Hall–Kier alpha value is -0.720. The molecule has 4 bridgehead atoms. The molecule has 5 heteroatoms. The van der Waals surface area contributed by atoms with Gasteiger partial charge in [-0.1, -0.05) is 24.3 Å². The summed E-state index contributed by atoms with van der Waals surface area (Å²) in [5, 5.41) is 20.4. The standard InChI is InChI=1S/C14H16O5/c15-5-13-9-1-3-11(18-9)7-17-8-12(14(11,13)6-16)4-2-10(13)19-12/h1-4,9-10,15-16H,5-8H2/t9-,10+,11-,12+,13?,14?. The number of aliphatic hydroxyl groups excluding tert-OH is 2. The van der Waals surface area contributed by atoms with E-state index in [1.54, 1.807) is 0 Å². The van der Waals surface area contributed by atoms with Crippen LogP contribution in [0.4, 0.5) is 0 Å². The molecule has 5 aliphatic heterocycles. The fraction of sp³-hybridized carbons (Fsp3) is 0.714. The lowest BCUT2D eigenvalue weighted by atomic mass is 9.45. The highest BCUT2D eigenvalue weighted by Crippen LogP contribution is 2.76. The highest BCUT2D eigenvalue weighted by Gasteiger charge is 2.88. The lowest BCUT2D eigenvalue weighted by molar-refractivity contribution is -0.220. The number of rotatable bonds is 2. The molecular formula is C14H16O5. The van der Waals surface area contributed by atoms with Gasteiger partial charge in [-0.3, -0.25) is 0 Å². The van der Waals surface area contributed by atoms with Gasteiger partial charge in [0.2, 0.25) is 0 Å². The maximum atomic E-state index is 10.3. The Labute approximate surface area is 110 Å². The van der Waals surface area contributed by atoms with E-state index in [2.05, 4.69) is 0 Å². The third-order valence-electron chi connectivity index (χ3n) is 6.14. The van der Waals surface area contributed by atoms with Gasteiger partial charge in [-0.05, 0) is 0 Å². The predicted octanol–water partition coefficient (Wildman–Crippen LogP) is -0.611. The molecule has 2 N–H and O–H groups in total. The molecule has 5 heterocycles. The zero-order valence-electron chi connectivity index (χ0n) is 10.4. The van der Waals surface area contributed by atoms with Gasteiger partial charge in [0.15, 0.2) is 0 Å². The average molecular weight is 264 g/mol. The van der Waals surface area contributed by atoms with Crippen molar-refractivity contribution in [3.05, 3.63) is 24.3 Å². The molecule has 3 fully saturated rings. The van der Waals surface area contributed by atoms with E-state index in [0.29, 0.717) is 13.2 Å². The summed E-state index contributed by atoms with van der Waals surface area (Å²) in [5.41, 5.74) is -2.58. The molecule has 0 aromatic heterocycles. The molecule has 102 valence electrons. The molecule has 19 heavy (non-hydrogen) atoms. The van der Waals surface area contributed by atoms with Crippen molar-refractivity contribution in [3.63, 3.8) is 0 Å². The summed E-state index contributed by atoms with van der Waals surface area (Å²) in [6, 6.07) is 0. The Kier molecular flexibility index (Phi) is 1.63. The van der Waals surface area contributed by atoms with Crippen LogP contribution in [-0.4, -0.2) is 60.1 Å². The Morgan fingerprint density at radius 2 is 1.53 bits per heavy atom. The summed E-state index contributed by atoms with van der Waals surface area (Å²) in [6.45, 7) is 0.696. The van der Waals surface area contributed by atoms with Crippen molar-refractivity contribution in [1.29, 1.82) is 0 Å². The number of hydrogen-bond acceptors (Lipinski definition) is 5. The quantitative estimate of drug-likeness (QED) is 0.651. The Morgan fingerprint density at radius 3 is 2.00 bits per heavy atom. The Bertz CT molecular complexity index is 490. The van der Waals surface area contributed by atoms with Crippen LogP contribution in [0.3, 0.4) is 0 Å². The van der Waals surface area contributed by atoms with E-state index in [1.165, 1.54) is 0 Å². The largest absolute Gasteiger partial charge is 0.396 e. The molecule has 5 rings (SSSR count). The third-order valence-corrected chi connectivity index (χ3v) is 6.14. The van der Waals surface area contributed by atoms with Crippen LogP contribution in [0.1, 0.15) is 0 Å². The van der Waals surface area contributed by atoms with Gasteiger partial charge in [0.25, 0.3) is 0 Å². The van der Waals surface area contributed by atoms with Crippen molar-refractivity contribution in [2.45, 2.75) is 23.4 Å². The van der Waals surface area contributed by atoms with Gasteiger partial charge < -0.3 is 24.4 Å². The van der Waals surface area contributed by atoms with Crippen LogP contribution in [0.2, 0.25) is 0 Å². The molecule has 6 atom stereocenters. The average Bonchev–Trinajstić information content (AvgIpc) is 3.13. The lowest BCUT2D eigenvalue weighted by Gasteiger charge is -2.57. The molecule has 2 unspecified atom stereocenters. The zero-order chi connectivity index (χ0) is 12.9. The second-order valence-corrected chi connectivity index (χ2v) is 6.33. The van der Waals surface area contributed by atoms with Crippen molar-refractivity contribution in [2.75, 3.05) is 26.4 Å². The molecule has 0 radical (unpaired) electrons. The van der Waals surface area contributed by atoms with E-state index < -0.39 is 22.0 Å². The number of fused-ring (bicyclic) bond motifs is 4. The minimum absolute atomic E-state index is 0.0545. The fourth-order valence-corrected chi connectivity index (χ4v) is 5.42. The van der Waals surface area contributed by atoms with Gasteiger partial charge >= 0.3 is 0 Å². The van der Waals surface area contributed by atoms with Crippen LogP contribution in [0, 0.1) is 10.8 Å². The zero-order valence-corrected chi connectivity index (χ0v) is 10.4. The van der Waals surface area contributed by atoms with E-state index >= 15 is 0 Å². The lowest BCUT2D eigenvalue weighted by Crippen LogP contribution is -2.71. The molecule has 5 nitrogen and oxygen atoms in total. The van der Waals surface area contributed by atoms with Crippen LogP contribution in [0.15, 0.2) is 24.3 Å². The molecule has 3 saturated heterocycles. The molecule has 0 amide bonds. The van der Waals surface area contributed by atoms with E-state index in [1.807, 2.05) is 24.3 Å². The highest BCUT2D eigenvalue weighted by atomic mass is 16.6. The van der Waals surface area contributed by atoms with E-state index in [9.17, 15) is 10.2 Å². The van der Waals surface area contributed by atoms with Gasteiger partial charge in [0, 0.05) is 0 Å². The maximum Gasteiger partial charge on any atom is 0.122 e. The van der Waals surface area contributed by atoms with Gasteiger partial charge in [-0.25, -0.2) is 0 Å². The molecule has 2 spiro atoms. The van der Waals surface area contributed by atoms with Crippen LogP contribution < -0.4 is 0 Å². The minimum Gasteiger partial charge on any atom is -0.396 e. The van der Waals surface area contributed by atoms with Crippen LogP contribution in [0.5, 0.6) is 0 Å². The second kappa shape index (κ2) is 2.82. The number of ether oxygens (including phenoxy) is 3.